The minimum Gasteiger partial charge on any atom is -0.496 e. The fourth-order valence-electron chi connectivity index (χ4n) is 2.95. The van der Waals surface area contributed by atoms with Crippen LogP contribution in [-0.4, -0.2) is 26.3 Å². The van der Waals surface area contributed by atoms with Gasteiger partial charge in [0.2, 0.25) is 15.9 Å². The zero-order chi connectivity index (χ0) is 20.9. The first kappa shape index (κ1) is 21.0. The van der Waals surface area contributed by atoms with Crippen molar-refractivity contribution in [3.05, 3.63) is 82.0 Å². The number of nitrogens with two attached hydrogens (primary N) is 1. The predicted molar refractivity (Wildman–Crippen MR) is 113 cm³/mol. The number of ether oxygens (including phenoxy) is 1. The van der Waals surface area contributed by atoms with Gasteiger partial charge in [0, 0.05) is 17.0 Å². The van der Waals surface area contributed by atoms with Crippen molar-refractivity contribution in [1.29, 1.82) is 0 Å². The van der Waals surface area contributed by atoms with Gasteiger partial charge in [0.05, 0.1) is 25.0 Å². The first-order valence-electron chi connectivity index (χ1n) is 8.90. The van der Waals surface area contributed by atoms with Crippen LogP contribution in [0, 0.1) is 0 Å². The van der Waals surface area contributed by atoms with Gasteiger partial charge >= 0.3 is 0 Å². The fraction of sp³-hybridized carbons (Fsp3) is 0.190. The number of carbonyl (C=O) groups is 1. The van der Waals surface area contributed by atoms with Gasteiger partial charge in [0.1, 0.15) is 5.75 Å². The predicted octanol–water partition coefficient (Wildman–Crippen LogP) is 3.18. The molecule has 29 heavy (non-hydrogen) atoms. The van der Waals surface area contributed by atoms with E-state index in [9.17, 15) is 13.2 Å². The lowest BCUT2D eigenvalue weighted by atomic mass is 10.1. The van der Waals surface area contributed by atoms with Crippen molar-refractivity contribution in [2.75, 3.05) is 7.11 Å². The van der Waals surface area contributed by atoms with Crippen LogP contribution in [0.5, 0.6) is 5.75 Å². The zero-order valence-electron chi connectivity index (χ0n) is 15.9. The average Bonchev–Trinajstić information content (AvgIpc) is 3.21. The van der Waals surface area contributed by atoms with Crippen LogP contribution in [0.2, 0.25) is 0 Å². The number of rotatable bonds is 8. The molecule has 0 aliphatic rings. The Morgan fingerprint density at radius 2 is 1.76 bits per heavy atom. The lowest BCUT2D eigenvalue weighted by molar-refractivity contribution is -0.131. The Labute approximate surface area is 174 Å². The summed E-state index contributed by atoms with van der Waals surface area (Å²) in [4.78, 5) is 16.0. The van der Waals surface area contributed by atoms with Gasteiger partial charge < -0.3 is 9.64 Å². The van der Waals surface area contributed by atoms with Gasteiger partial charge in [0.15, 0.2) is 0 Å². The number of methoxy groups -OCH3 is 1. The van der Waals surface area contributed by atoms with E-state index in [1.54, 1.807) is 35.5 Å². The Morgan fingerprint density at radius 3 is 2.38 bits per heavy atom. The van der Waals surface area contributed by atoms with Crippen LogP contribution in [0.15, 0.2) is 70.9 Å². The molecule has 0 fully saturated rings. The van der Waals surface area contributed by atoms with Crippen LogP contribution in [-0.2, 0) is 34.3 Å². The summed E-state index contributed by atoms with van der Waals surface area (Å²) in [7, 11) is -2.15. The molecule has 0 aliphatic carbocycles. The lowest BCUT2D eigenvalue weighted by Gasteiger charge is -2.23. The lowest BCUT2D eigenvalue weighted by Crippen LogP contribution is -2.31. The first-order chi connectivity index (χ1) is 13.9. The van der Waals surface area contributed by atoms with E-state index >= 15 is 0 Å². The summed E-state index contributed by atoms with van der Waals surface area (Å²) < 4.78 is 28.2. The molecule has 0 bridgehead atoms. The third kappa shape index (κ3) is 5.66. The molecule has 2 N–H and O–H groups in total. The number of amides is 1. The molecular weight excluding hydrogens is 408 g/mol. The summed E-state index contributed by atoms with van der Waals surface area (Å²) in [6.07, 6.45) is 0.158. The third-order valence-electron chi connectivity index (χ3n) is 4.44. The molecule has 0 saturated carbocycles. The largest absolute Gasteiger partial charge is 0.496 e. The highest BCUT2D eigenvalue weighted by Gasteiger charge is 2.18. The van der Waals surface area contributed by atoms with E-state index < -0.39 is 10.0 Å². The first-order valence-corrected chi connectivity index (χ1v) is 11.3. The van der Waals surface area contributed by atoms with E-state index in [-0.39, 0.29) is 17.2 Å². The second-order valence-corrected chi connectivity index (χ2v) is 9.10. The Morgan fingerprint density at radius 1 is 1.03 bits per heavy atom. The van der Waals surface area contributed by atoms with Gasteiger partial charge in [-0.05, 0) is 35.2 Å². The molecule has 0 unspecified atom stereocenters. The molecule has 2 aromatic carbocycles. The van der Waals surface area contributed by atoms with Crippen molar-refractivity contribution in [1.82, 2.24) is 4.90 Å². The molecule has 1 aromatic heterocycles. The van der Waals surface area contributed by atoms with Crippen molar-refractivity contribution in [2.24, 2.45) is 5.14 Å². The molecule has 0 saturated heterocycles. The fourth-order valence-corrected chi connectivity index (χ4v) is 4.18. The van der Waals surface area contributed by atoms with E-state index in [0.717, 1.165) is 21.8 Å². The maximum atomic E-state index is 13.1. The molecule has 1 heterocycles. The SMILES string of the molecule is COc1ccccc1CN(Cc1cccs1)C(=O)Cc1ccc(S(N)(=O)=O)cc1. The van der Waals surface area contributed by atoms with Gasteiger partial charge in [-0.3, -0.25) is 4.79 Å². The quantitative estimate of drug-likeness (QED) is 0.594. The molecule has 0 aliphatic heterocycles. The summed E-state index contributed by atoms with van der Waals surface area (Å²) in [6, 6.07) is 17.6. The van der Waals surface area contributed by atoms with Gasteiger partial charge in [0.25, 0.3) is 0 Å². The maximum absolute atomic E-state index is 13.1. The highest BCUT2D eigenvalue weighted by atomic mass is 32.2. The second kappa shape index (κ2) is 9.21. The molecule has 0 radical (unpaired) electrons. The number of primary sulfonamides is 1. The topological polar surface area (TPSA) is 89.7 Å². The highest BCUT2D eigenvalue weighted by Crippen LogP contribution is 2.22. The number of carbonyl (C=O) groups excluding carboxylic acids is 1. The van der Waals surface area contributed by atoms with Gasteiger partial charge in [-0.1, -0.05) is 36.4 Å². The van der Waals surface area contributed by atoms with Crippen LogP contribution >= 0.6 is 11.3 Å². The summed E-state index contributed by atoms with van der Waals surface area (Å²) in [5.74, 6) is 0.668. The van der Waals surface area contributed by atoms with Crippen molar-refractivity contribution >= 4 is 27.3 Å². The van der Waals surface area contributed by atoms with Crippen LogP contribution in [0.25, 0.3) is 0 Å². The van der Waals surface area contributed by atoms with Gasteiger partial charge in [-0.2, -0.15) is 0 Å². The van der Waals surface area contributed by atoms with E-state index in [4.69, 9.17) is 9.88 Å². The van der Waals surface area contributed by atoms with Crippen LogP contribution < -0.4 is 9.88 Å². The summed E-state index contributed by atoms with van der Waals surface area (Å²) in [6.45, 7) is 0.903. The molecular formula is C21H22N2O4S2. The summed E-state index contributed by atoms with van der Waals surface area (Å²) in [5.41, 5.74) is 1.64. The number of para-hydroxylation sites is 1. The zero-order valence-corrected chi connectivity index (χ0v) is 17.6. The minimum absolute atomic E-state index is 0.0261. The van der Waals surface area contributed by atoms with E-state index in [2.05, 4.69) is 0 Å². The molecule has 0 spiro atoms. The van der Waals surface area contributed by atoms with Crippen LogP contribution in [0.3, 0.4) is 0 Å². The number of nitrogens with zero attached hydrogens (tertiary/aromatic N) is 1. The van der Waals surface area contributed by atoms with Gasteiger partial charge in [-0.15, -0.1) is 11.3 Å². The van der Waals surface area contributed by atoms with Crippen molar-refractivity contribution in [2.45, 2.75) is 24.4 Å². The van der Waals surface area contributed by atoms with Crippen molar-refractivity contribution < 1.29 is 17.9 Å². The molecule has 1 amide bonds. The summed E-state index contributed by atoms with van der Waals surface area (Å²) >= 11 is 1.59. The number of hydrogen-bond acceptors (Lipinski definition) is 5. The molecule has 8 heteroatoms. The minimum atomic E-state index is -3.75. The summed E-state index contributed by atoms with van der Waals surface area (Å²) in [5, 5.41) is 7.11. The van der Waals surface area contributed by atoms with Crippen LogP contribution in [0.4, 0.5) is 0 Å². The normalized spacial score (nSPS) is 11.2. The molecule has 3 aromatic rings. The van der Waals surface area contributed by atoms with E-state index in [1.165, 1.54) is 12.1 Å². The molecule has 6 nitrogen and oxygen atoms in total. The number of thiophene rings is 1. The average molecular weight is 431 g/mol. The highest BCUT2D eigenvalue weighted by molar-refractivity contribution is 7.89. The standard InChI is InChI=1S/C21H22N2O4S2/c1-27-20-7-3-2-5-17(20)14-23(15-18-6-4-12-28-18)21(24)13-16-8-10-19(11-9-16)29(22,25)26/h2-12H,13-15H2,1H3,(H2,22,25,26). The van der Waals surface area contributed by atoms with Crippen LogP contribution in [0.1, 0.15) is 16.0 Å². The van der Waals surface area contributed by atoms with Crippen molar-refractivity contribution in [3.8, 4) is 5.75 Å². The Hall–Kier alpha value is -2.68. The number of sulfonamides is 1. The van der Waals surface area contributed by atoms with E-state index in [1.807, 2.05) is 41.8 Å². The van der Waals surface area contributed by atoms with E-state index in [0.29, 0.717) is 13.1 Å². The Bertz CT molecular complexity index is 1060. The second-order valence-electron chi connectivity index (χ2n) is 6.51. The van der Waals surface area contributed by atoms with Crippen molar-refractivity contribution in [3.63, 3.8) is 0 Å². The maximum Gasteiger partial charge on any atom is 0.238 e. The Balaban J connectivity index is 1.80. The number of benzene rings is 2. The molecule has 3 rings (SSSR count). The molecule has 152 valence electrons. The van der Waals surface area contributed by atoms with Gasteiger partial charge in [-0.25, -0.2) is 13.6 Å². The monoisotopic (exact) mass is 430 g/mol. The smallest absolute Gasteiger partial charge is 0.238 e. The number of hydrogen-bond donors (Lipinski definition) is 1. The Kier molecular flexibility index (Phi) is 6.68. The molecule has 0 atom stereocenters. The third-order valence-corrected chi connectivity index (χ3v) is 6.23.